The molecule has 0 radical (unpaired) electrons. The summed E-state index contributed by atoms with van der Waals surface area (Å²) in [5.74, 6) is 0.311. The Balaban J connectivity index is 0.000001000. The van der Waals surface area contributed by atoms with E-state index in [2.05, 4.69) is 0 Å². The Morgan fingerprint density at radius 2 is 1.82 bits per heavy atom. The number of rotatable bonds is 2. The van der Waals surface area contributed by atoms with Gasteiger partial charge in [-0.1, -0.05) is 0 Å². The first-order chi connectivity index (χ1) is 4.47. The van der Waals surface area contributed by atoms with Gasteiger partial charge in [0.15, 0.2) is 0 Å². The van der Waals surface area contributed by atoms with Gasteiger partial charge in [-0.2, -0.15) is 0 Å². The lowest BCUT2D eigenvalue weighted by atomic mass is 9.82. The number of nitrogens with two attached hydrogens (primary N) is 2. The maximum Gasteiger partial charge on any atom is 0.209 e. The fourth-order valence-electron chi connectivity index (χ4n) is 1.25. The average Bonchev–Trinajstić information content (AvgIpc) is 1.57. The Labute approximate surface area is 77.1 Å². The van der Waals surface area contributed by atoms with E-state index in [0.717, 1.165) is 12.8 Å². The van der Waals surface area contributed by atoms with E-state index in [1.54, 1.807) is 0 Å². The maximum atomic E-state index is 10.5. The van der Waals surface area contributed by atoms with Gasteiger partial charge in [0.25, 0.3) is 0 Å². The number of hydrogen-bond donors (Lipinski definition) is 2. The fraction of sp³-hybridized carbons (Fsp3) is 1.00. The first kappa shape index (κ1) is 11.4. The standard InChI is InChI=1S/C5H12N2O2S.BrH/c6-5-1-4(2-5)3-10(7,8)9;/h4-5H,1-3,6H2,(H2,7,8,9);1H. The Bertz CT molecular complexity index is 211. The van der Waals surface area contributed by atoms with Crippen LogP contribution in [-0.4, -0.2) is 20.2 Å². The van der Waals surface area contributed by atoms with Gasteiger partial charge >= 0.3 is 0 Å². The summed E-state index contributed by atoms with van der Waals surface area (Å²) >= 11 is 0. The molecule has 0 saturated heterocycles. The van der Waals surface area contributed by atoms with Crippen molar-refractivity contribution in [3.63, 3.8) is 0 Å². The number of hydrogen-bond acceptors (Lipinski definition) is 3. The van der Waals surface area contributed by atoms with Gasteiger partial charge in [-0.25, -0.2) is 13.6 Å². The van der Waals surface area contributed by atoms with E-state index < -0.39 is 10.0 Å². The smallest absolute Gasteiger partial charge is 0.209 e. The van der Waals surface area contributed by atoms with E-state index in [1.165, 1.54) is 0 Å². The van der Waals surface area contributed by atoms with Crippen molar-refractivity contribution in [1.29, 1.82) is 0 Å². The molecule has 1 fully saturated rings. The summed E-state index contributed by atoms with van der Waals surface area (Å²) in [6.07, 6.45) is 1.60. The molecule has 0 unspecified atom stereocenters. The predicted molar refractivity (Wildman–Crippen MR) is 49.0 cm³/mol. The topological polar surface area (TPSA) is 86.2 Å². The summed E-state index contributed by atoms with van der Waals surface area (Å²) < 4.78 is 21.0. The molecule has 0 amide bonds. The zero-order valence-corrected chi connectivity index (χ0v) is 8.59. The summed E-state index contributed by atoms with van der Waals surface area (Å²) in [6.45, 7) is 0. The summed E-state index contributed by atoms with van der Waals surface area (Å²) in [6, 6.07) is 0.201. The molecule has 0 aliphatic heterocycles. The van der Waals surface area contributed by atoms with Crippen LogP contribution in [0, 0.1) is 5.92 Å². The fourth-order valence-corrected chi connectivity index (χ4v) is 2.18. The van der Waals surface area contributed by atoms with Crippen LogP contribution < -0.4 is 10.9 Å². The van der Waals surface area contributed by atoms with Crippen molar-refractivity contribution in [2.24, 2.45) is 16.8 Å². The first-order valence-electron chi connectivity index (χ1n) is 3.23. The largest absolute Gasteiger partial charge is 0.328 e. The second-order valence-corrected chi connectivity index (χ2v) is 4.59. The molecule has 1 aliphatic carbocycles. The maximum absolute atomic E-state index is 10.5. The molecule has 4 nitrogen and oxygen atoms in total. The van der Waals surface area contributed by atoms with E-state index in [-0.39, 0.29) is 34.7 Å². The van der Waals surface area contributed by atoms with Crippen LogP contribution in [0.4, 0.5) is 0 Å². The third-order valence-electron chi connectivity index (χ3n) is 1.74. The average molecular weight is 245 g/mol. The molecule has 4 N–H and O–H groups in total. The highest BCUT2D eigenvalue weighted by atomic mass is 79.9. The van der Waals surface area contributed by atoms with Crippen LogP contribution in [0.3, 0.4) is 0 Å². The van der Waals surface area contributed by atoms with Crippen LogP contribution >= 0.6 is 17.0 Å². The molecule has 0 atom stereocenters. The second kappa shape index (κ2) is 3.84. The van der Waals surface area contributed by atoms with Crippen molar-refractivity contribution in [2.45, 2.75) is 18.9 Å². The summed E-state index contributed by atoms with van der Waals surface area (Å²) in [4.78, 5) is 0. The summed E-state index contributed by atoms with van der Waals surface area (Å²) in [5.41, 5.74) is 5.45. The van der Waals surface area contributed by atoms with E-state index in [4.69, 9.17) is 10.9 Å². The van der Waals surface area contributed by atoms with Crippen LogP contribution in [0.5, 0.6) is 0 Å². The lowest BCUT2D eigenvalue weighted by molar-refractivity contribution is 0.292. The van der Waals surface area contributed by atoms with Crippen molar-refractivity contribution < 1.29 is 8.42 Å². The lowest BCUT2D eigenvalue weighted by Gasteiger charge is -2.31. The third-order valence-corrected chi connectivity index (χ3v) is 2.68. The van der Waals surface area contributed by atoms with Gasteiger partial charge in [-0.05, 0) is 18.8 Å². The molecule has 6 heteroatoms. The number of sulfonamides is 1. The van der Waals surface area contributed by atoms with Crippen molar-refractivity contribution in [2.75, 3.05) is 5.75 Å². The van der Waals surface area contributed by atoms with E-state index in [0.29, 0.717) is 0 Å². The Kier molecular flexibility index (Phi) is 3.96. The molecule has 0 spiro atoms. The van der Waals surface area contributed by atoms with Crippen molar-refractivity contribution in [1.82, 2.24) is 0 Å². The van der Waals surface area contributed by atoms with Gasteiger partial charge in [-0.3, -0.25) is 0 Å². The van der Waals surface area contributed by atoms with Gasteiger partial charge in [0.1, 0.15) is 0 Å². The Morgan fingerprint density at radius 3 is 2.09 bits per heavy atom. The monoisotopic (exact) mass is 244 g/mol. The molecule has 1 saturated carbocycles. The van der Waals surface area contributed by atoms with E-state index in [1.807, 2.05) is 0 Å². The van der Waals surface area contributed by atoms with Crippen LogP contribution in [0.2, 0.25) is 0 Å². The molecular formula is C5H13BrN2O2S. The molecule has 68 valence electrons. The molecule has 11 heavy (non-hydrogen) atoms. The highest BCUT2D eigenvalue weighted by Gasteiger charge is 2.28. The predicted octanol–water partition coefficient (Wildman–Crippen LogP) is -0.410. The van der Waals surface area contributed by atoms with Gasteiger partial charge in [-0.15, -0.1) is 17.0 Å². The Morgan fingerprint density at radius 1 is 1.36 bits per heavy atom. The lowest BCUT2D eigenvalue weighted by Crippen LogP contribution is -2.40. The zero-order valence-electron chi connectivity index (χ0n) is 6.06. The minimum Gasteiger partial charge on any atom is -0.328 e. The minimum atomic E-state index is -3.26. The van der Waals surface area contributed by atoms with Crippen molar-refractivity contribution in [3.8, 4) is 0 Å². The second-order valence-electron chi connectivity index (χ2n) is 2.93. The molecule has 0 aromatic carbocycles. The Hall–Kier alpha value is 0.350. The molecular weight excluding hydrogens is 232 g/mol. The van der Waals surface area contributed by atoms with E-state index in [9.17, 15) is 8.42 Å². The molecule has 0 aromatic heterocycles. The molecule has 0 aromatic rings. The van der Waals surface area contributed by atoms with Crippen molar-refractivity contribution >= 4 is 27.0 Å². The van der Waals surface area contributed by atoms with Gasteiger partial charge in [0.2, 0.25) is 10.0 Å². The summed E-state index contributed by atoms with van der Waals surface area (Å²) in [7, 11) is -3.26. The van der Waals surface area contributed by atoms with Gasteiger partial charge < -0.3 is 5.73 Å². The molecule has 0 bridgehead atoms. The zero-order chi connectivity index (χ0) is 7.78. The summed E-state index contributed by atoms with van der Waals surface area (Å²) in [5, 5.41) is 4.82. The van der Waals surface area contributed by atoms with Gasteiger partial charge in [0.05, 0.1) is 5.75 Å². The van der Waals surface area contributed by atoms with Gasteiger partial charge in [0, 0.05) is 6.04 Å². The molecule has 1 rings (SSSR count). The highest BCUT2D eigenvalue weighted by molar-refractivity contribution is 8.93. The number of halogens is 1. The van der Waals surface area contributed by atoms with Crippen LogP contribution in [0.25, 0.3) is 0 Å². The SMILES string of the molecule is Br.NC1CC(CS(N)(=O)=O)C1. The van der Waals surface area contributed by atoms with E-state index >= 15 is 0 Å². The normalized spacial score (nSPS) is 30.4. The minimum absolute atomic E-state index is 0. The molecule has 1 aliphatic rings. The highest BCUT2D eigenvalue weighted by Crippen LogP contribution is 2.25. The third kappa shape index (κ3) is 4.05. The van der Waals surface area contributed by atoms with Crippen molar-refractivity contribution in [3.05, 3.63) is 0 Å². The van der Waals surface area contributed by atoms with Crippen LogP contribution in [0.15, 0.2) is 0 Å². The quantitative estimate of drug-likeness (QED) is 0.693. The number of primary sulfonamides is 1. The molecule has 0 heterocycles. The van der Waals surface area contributed by atoms with Crippen LogP contribution in [-0.2, 0) is 10.0 Å². The first-order valence-corrected chi connectivity index (χ1v) is 4.95. The van der Waals surface area contributed by atoms with Crippen LogP contribution in [0.1, 0.15) is 12.8 Å².